The fourth-order valence-corrected chi connectivity index (χ4v) is 3.46. The Labute approximate surface area is 145 Å². The zero-order valence-corrected chi connectivity index (χ0v) is 15.1. The second-order valence-corrected chi connectivity index (χ2v) is 7.44. The molecule has 0 radical (unpaired) electrons. The van der Waals surface area contributed by atoms with Crippen LogP contribution in [0.25, 0.3) is 16.6 Å². The first-order valence-corrected chi connectivity index (χ1v) is 8.72. The molecule has 0 bridgehead atoms. The van der Waals surface area contributed by atoms with Crippen molar-refractivity contribution in [3.05, 3.63) is 58.4 Å². The Morgan fingerprint density at radius 2 is 1.92 bits per heavy atom. The molecule has 1 heterocycles. The SMILES string of the molecule is COc1ccccc1-n1c(SC(C)C)nc2ccc(C)cc2c1=O. The molecule has 3 rings (SSSR count). The molecule has 0 unspecified atom stereocenters. The van der Waals surface area contributed by atoms with Crippen molar-refractivity contribution >= 4 is 22.7 Å². The number of rotatable bonds is 4. The number of nitrogens with zero attached hydrogens (tertiary/aromatic N) is 2. The summed E-state index contributed by atoms with van der Waals surface area (Å²) in [6.45, 7) is 6.15. The molecule has 4 nitrogen and oxygen atoms in total. The van der Waals surface area contributed by atoms with Gasteiger partial charge < -0.3 is 4.74 Å². The van der Waals surface area contributed by atoms with E-state index in [0.29, 0.717) is 27.2 Å². The Kier molecular flexibility index (Phi) is 4.62. The van der Waals surface area contributed by atoms with Crippen molar-refractivity contribution in [2.75, 3.05) is 7.11 Å². The fraction of sp³-hybridized carbons (Fsp3) is 0.263. The molecule has 0 saturated heterocycles. The Morgan fingerprint density at radius 1 is 1.17 bits per heavy atom. The minimum Gasteiger partial charge on any atom is -0.495 e. The van der Waals surface area contributed by atoms with E-state index in [1.54, 1.807) is 23.4 Å². The number of benzene rings is 2. The highest BCUT2D eigenvalue weighted by atomic mass is 32.2. The van der Waals surface area contributed by atoms with Crippen molar-refractivity contribution in [1.29, 1.82) is 0 Å². The predicted molar refractivity (Wildman–Crippen MR) is 99.6 cm³/mol. The molecule has 24 heavy (non-hydrogen) atoms. The molecule has 1 aromatic heterocycles. The van der Waals surface area contributed by atoms with E-state index in [4.69, 9.17) is 9.72 Å². The highest BCUT2D eigenvalue weighted by Crippen LogP contribution is 2.28. The van der Waals surface area contributed by atoms with Crippen LogP contribution in [0.2, 0.25) is 0 Å². The van der Waals surface area contributed by atoms with Crippen LogP contribution in [0.4, 0.5) is 0 Å². The minimum atomic E-state index is -0.0728. The lowest BCUT2D eigenvalue weighted by Gasteiger charge is -2.16. The van der Waals surface area contributed by atoms with Crippen molar-refractivity contribution in [3.63, 3.8) is 0 Å². The average molecular weight is 340 g/mol. The summed E-state index contributed by atoms with van der Waals surface area (Å²) in [4.78, 5) is 17.9. The number of aromatic nitrogens is 2. The van der Waals surface area contributed by atoms with Crippen molar-refractivity contribution in [1.82, 2.24) is 9.55 Å². The topological polar surface area (TPSA) is 44.1 Å². The molecule has 0 atom stereocenters. The molecule has 2 aromatic carbocycles. The number of ether oxygens (including phenoxy) is 1. The van der Waals surface area contributed by atoms with E-state index < -0.39 is 0 Å². The Balaban J connectivity index is 2.39. The highest BCUT2D eigenvalue weighted by molar-refractivity contribution is 7.99. The third kappa shape index (κ3) is 3.04. The second-order valence-electron chi connectivity index (χ2n) is 5.89. The van der Waals surface area contributed by atoms with Crippen LogP contribution in [0, 0.1) is 6.92 Å². The largest absolute Gasteiger partial charge is 0.495 e. The first kappa shape index (κ1) is 16.6. The summed E-state index contributed by atoms with van der Waals surface area (Å²) >= 11 is 1.57. The third-order valence-electron chi connectivity index (χ3n) is 3.66. The average Bonchev–Trinajstić information content (AvgIpc) is 2.55. The Morgan fingerprint density at radius 3 is 2.62 bits per heavy atom. The summed E-state index contributed by atoms with van der Waals surface area (Å²) in [5, 5.41) is 1.60. The minimum absolute atomic E-state index is 0.0728. The molecular weight excluding hydrogens is 320 g/mol. The van der Waals surface area contributed by atoms with Crippen molar-refractivity contribution in [2.24, 2.45) is 0 Å². The number of fused-ring (bicyclic) bond motifs is 1. The smallest absolute Gasteiger partial charge is 0.266 e. The lowest BCUT2D eigenvalue weighted by molar-refractivity contribution is 0.411. The van der Waals surface area contributed by atoms with E-state index in [9.17, 15) is 4.79 Å². The molecule has 3 aromatic rings. The van der Waals surface area contributed by atoms with Gasteiger partial charge in [0.25, 0.3) is 5.56 Å². The van der Waals surface area contributed by atoms with Crippen LogP contribution in [0.3, 0.4) is 0 Å². The van der Waals surface area contributed by atoms with E-state index in [0.717, 1.165) is 11.1 Å². The van der Waals surface area contributed by atoms with Crippen LogP contribution in [0.1, 0.15) is 19.4 Å². The number of hydrogen-bond acceptors (Lipinski definition) is 4. The lowest BCUT2D eigenvalue weighted by Crippen LogP contribution is -2.22. The predicted octanol–water partition coefficient (Wildman–Crippen LogP) is 4.20. The molecule has 0 saturated carbocycles. The van der Waals surface area contributed by atoms with Crippen LogP contribution >= 0.6 is 11.8 Å². The molecule has 0 aliphatic heterocycles. The van der Waals surface area contributed by atoms with Gasteiger partial charge in [0.05, 0.1) is 23.7 Å². The van der Waals surface area contributed by atoms with Gasteiger partial charge in [0, 0.05) is 5.25 Å². The van der Waals surface area contributed by atoms with Crippen LogP contribution in [-0.2, 0) is 0 Å². The van der Waals surface area contributed by atoms with Gasteiger partial charge in [-0.25, -0.2) is 4.98 Å². The number of aryl methyl sites for hydroxylation is 1. The Hall–Kier alpha value is -2.27. The summed E-state index contributed by atoms with van der Waals surface area (Å²) in [6.07, 6.45) is 0. The summed E-state index contributed by atoms with van der Waals surface area (Å²) in [6, 6.07) is 13.3. The number of methoxy groups -OCH3 is 1. The van der Waals surface area contributed by atoms with E-state index in [-0.39, 0.29) is 5.56 Å². The van der Waals surface area contributed by atoms with Gasteiger partial charge in [-0.05, 0) is 31.2 Å². The van der Waals surface area contributed by atoms with Gasteiger partial charge in [0.2, 0.25) is 0 Å². The van der Waals surface area contributed by atoms with Crippen LogP contribution in [0.15, 0.2) is 52.4 Å². The van der Waals surface area contributed by atoms with Gasteiger partial charge >= 0.3 is 0 Å². The molecule has 0 amide bonds. The zero-order valence-electron chi connectivity index (χ0n) is 14.2. The van der Waals surface area contributed by atoms with Gasteiger partial charge in [0.15, 0.2) is 5.16 Å². The van der Waals surface area contributed by atoms with Crippen LogP contribution < -0.4 is 10.3 Å². The summed E-state index contributed by atoms with van der Waals surface area (Å²) in [7, 11) is 1.61. The maximum Gasteiger partial charge on any atom is 0.266 e. The first-order chi connectivity index (χ1) is 11.5. The molecule has 0 spiro atoms. The molecule has 0 aliphatic carbocycles. The first-order valence-electron chi connectivity index (χ1n) is 7.84. The number of hydrogen-bond donors (Lipinski definition) is 0. The molecule has 0 aliphatic rings. The summed E-state index contributed by atoms with van der Waals surface area (Å²) < 4.78 is 7.11. The van der Waals surface area contributed by atoms with Gasteiger partial charge in [-0.15, -0.1) is 0 Å². The van der Waals surface area contributed by atoms with Crippen LogP contribution in [-0.4, -0.2) is 21.9 Å². The third-order valence-corrected chi connectivity index (χ3v) is 4.62. The van der Waals surface area contributed by atoms with E-state index in [1.165, 1.54) is 0 Å². The van der Waals surface area contributed by atoms with E-state index >= 15 is 0 Å². The summed E-state index contributed by atoms with van der Waals surface area (Å²) in [5.41, 5.74) is 2.40. The fourth-order valence-electron chi connectivity index (χ4n) is 2.60. The molecule has 0 N–H and O–H groups in total. The zero-order chi connectivity index (χ0) is 17.3. The number of thioether (sulfide) groups is 1. The van der Waals surface area contributed by atoms with Crippen molar-refractivity contribution in [3.8, 4) is 11.4 Å². The lowest BCUT2D eigenvalue weighted by atomic mass is 10.1. The molecule has 5 heteroatoms. The monoisotopic (exact) mass is 340 g/mol. The van der Waals surface area contributed by atoms with Crippen molar-refractivity contribution < 1.29 is 4.74 Å². The van der Waals surface area contributed by atoms with E-state index in [2.05, 4.69) is 13.8 Å². The van der Waals surface area contributed by atoms with Crippen molar-refractivity contribution in [2.45, 2.75) is 31.2 Å². The highest BCUT2D eigenvalue weighted by Gasteiger charge is 2.17. The second kappa shape index (κ2) is 6.69. The van der Waals surface area contributed by atoms with Gasteiger partial charge in [-0.3, -0.25) is 9.36 Å². The Bertz CT molecular complexity index is 948. The standard InChI is InChI=1S/C19H20N2O2S/c1-12(2)24-19-20-15-10-9-13(3)11-14(15)18(22)21(19)16-7-5-6-8-17(16)23-4/h5-12H,1-4H3. The van der Waals surface area contributed by atoms with Gasteiger partial charge in [-0.1, -0.05) is 49.4 Å². The van der Waals surface area contributed by atoms with Gasteiger partial charge in [-0.2, -0.15) is 0 Å². The maximum atomic E-state index is 13.2. The maximum absolute atomic E-state index is 13.2. The number of para-hydroxylation sites is 2. The molecule has 0 fully saturated rings. The van der Waals surface area contributed by atoms with Crippen LogP contribution in [0.5, 0.6) is 5.75 Å². The molecule has 124 valence electrons. The molecular formula is C19H20N2O2S. The van der Waals surface area contributed by atoms with E-state index in [1.807, 2.05) is 49.4 Å². The normalized spacial score (nSPS) is 11.2. The van der Waals surface area contributed by atoms with Gasteiger partial charge in [0.1, 0.15) is 5.75 Å². The summed E-state index contributed by atoms with van der Waals surface area (Å²) in [5.74, 6) is 0.652. The quantitative estimate of drug-likeness (QED) is 0.527.